The van der Waals surface area contributed by atoms with E-state index in [2.05, 4.69) is 37.4 Å². The number of aromatic nitrogens is 2. The molecule has 1 saturated carbocycles. The van der Waals surface area contributed by atoms with Crippen LogP contribution in [0.2, 0.25) is 0 Å². The quantitative estimate of drug-likeness (QED) is 0.850. The summed E-state index contributed by atoms with van der Waals surface area (Å²) in [7, 11) is 2.06. The first-order valence-corrected chi connectivity index (χ1v) is 6.87. The number of nitrogens with one attached hydrogen (secondary N) is 1. The van der Waals surface area contributed by atoms with Crippen molar-refractivity contribution in [3.05, 3.63) is 18.0 Å². The van der Waals surface area contributed by atoms with E-state index in [1.165, 1.54) is 25.0 Å². The fourth-order valence-electron chi connectivity index (χ4n) is 2.98. The summed E-state index contributed by atoms with van der Waals surface area (Å²) in [5, 5.41) is 7.91. The molecule has 1 aliphatic carbocycles. The zero-order valence-electron chi connectivity index (χ0n) is 11.3. The Labute approximate surface area is 105 Å². The van der Waals surface area contributed by atoms with Crippen LogP contribution in [0.5, 0.6) is 0 Å². The van der Waals surface area contributed by atoms with Crippen molar-refractivity contribution in [1.82, 2.24) is 15.1 Å². The van der Waals surface area contributed by atoms with Crippen LogP contribution < -0.4 is 5.32 Å². The molecule has 0 spiro atoms. The molecule has 1 fully saturated rings. The smallest absolute Gasteiger partial charge is 0.0492 e. The van der Waals surface area contributed by atoms with Gasteiger partial charge in [-0.2, -0.15) is 5.10 Å². The van der Waals surface area contributed by atoms with Crippen molar-refractivity contribution in [3.8, 4) is 0 Å². The van der Waals surface area contributed by atoms with E-state index in [0.717, 1.165) is 24.9 Å². The summed E-state index contributed by atoms with van der Waals surface area (Å²) in [4.78, 5) is 0. The Balaban J connectivity index is 1.91. The van der Waals surface area contributed by atoms with E-state index in [-0.39, 0.29) is 0 Å². The van der Waals surface area contributed by atoms with Gasteiger partial charge in [0.2, 0.25) is 0 Å². The van der Waals surface area contributed by atoms with Crippen molar-refractivity contribution in [3.63, 3.8) is 0 Å². The fraction of sp³-hybridized carbons (Fsp3) is 0.786. The third-order valence-electron chi connectivity index (χ3n) is 3.86. The zero-order chi connectivity index (χ0) is 12.3. The molecule has 0 radical (unpaired) electrons. The maximum absolute atomic E-state index is 4.30. The number of aryl methyl sites for hydroxylation is 1. The first-order valence-electron chi connectivity index (χ1n) is 6.87. The number of nitrogens with zero attached hydrogens (tertiary/aromatic N) is 2. The average molecular weight is 235 g/mol. The minimum Gasteiger partial charge on any atom is -0.316 e. The second kappa shape index (κ2) is 5.67. The highest BCUT2D eigenvalue weighted by Crippen LogP contribution is 2.38. The van der Waals surface area contributed by atoms with Gasteiger partial charge in [0.1, 0.15) is 0 Å². The number of hydrogen-bond acceptors (Lipinski definition) is 2. The summed E-state index contributed by atoms with van der Waals surface area (Å²) in [6.45, 7) is 6.82. The minimum absolute atomic E-state index is 0.710. The van der Waals surface area contributed by atoms with Crippen LogP contribution in [0.3, 0.4) is 0 Å². The van der Waals surface area contributed by atoms with Crippen molar-refractivity contribution in [2.75, 3.05) is 13.1 Å². The average Bonchev–Trinajstić information content (AvgIpc) is 2.86. The third-order valence-corrected chi connectivity index (χ3v) is 3.86. The van der Waals surface area contributed by atoms with Crippen LogP contribution >= 0.6 is 0 Å². The van der Waals surface area contributed by atoms with E-state index in [4.69, 9.17) is 0 Å². The fourth-order valence-corrected chi connectivity index (χ4v) is 2.98. The van der Waals surface area contributed by atoms with Crippen LogP contribution in [0.4, 0.5) is 0 Å². The molecular weight excluding hydrogens is 210 g/mol. The molecule has 1 aliphatic rings. The maximum Gasteiger partial charge on any atom is 0.0492 e. The molecule has 0 saturated heterocycles. The van der Waals surface area contributed by atoms with Gasteiger partial charge in [-0.25, -0.2) is 0 Å². The summed E-state index contributed by atoms with van der Waals surface area (Å²) >= 11 is 0. The van der Waals surface area contributed by atoms with Crippen LogP contribution in [0.1, 0.15) is 44.7 Å². The second-order valence-electron chi connectivity index (χ2n) is 5.73. The van der Waals surface area contributed by atoms with Gasteiger partial charge < -0.3 is 5.32 Å². The van der Waals surface area contributed by atoms with Crippen molar-refractivity contribution >= 4 is 0 Å². The van der Waals surface area contributed by atoms with Crippen molar-refractivity contribution < 1.29 is 0 Å². The normalized spacial score (nSPS) is 24.7. The lowest BCUT2D eigenvalue weighted by Gasteiger charge is -2.21. The van der Waals surface area contributed by atoms with Crippen LogP contribution in [-0.2, 0) is 7.05 Å². The van der Waals surface area contributed by atoms with Gasteiger partial charge in [-0.3, -0.25) is 4.68 Å². The highest BCUT2D eigenvalue weighted by atomic mass is 15.3. The molecule has 1 heterocycles. The van der Waals surface area contributed by atoms with Crippen LogP contribution in [0, 0.1) is 11.8 Å². The molecule has 0 bridgehead atoms. The van der Waals surface area contributed by atoms with E-state index < -0.39 is 0 Å². The van der Waals surface area contributed by atoms with E-state index >= 15 is 0 Å². The molecule has 17 heavy (non-hydrogen) atoms. The van der Waals surface area contributed by atoms with E-state index in [1.54, 1.807) is 0 Å². The summed E-state index contributed by atoms with van der Waals surface area (Å²) in [6.07, 6.45) is 5.98. The lowest BCUT2D eigenvalue weighted by Crippen LogP contribution is -2.28. The maximum atomic E-state index is 4.30. The molecule has 96 valence electrons. The summed E-state index contributed by atoms with van der Waals surface area (Å²) in [5.41, 5.74) is 1.42. The zero-order valence-corrected chi connectivity index (χ0v) is 11.3. The van der Waals surface area contributed by atoms with Gasteiger partial charge in [0.15, 0.2) is 0 Å². The minimum atomic E-state index is 0.710. The van der Waals surface area contributed by atoms with Crippen molar-refractivity contribution in [2.45, 2.75) is 39.0 Å². The second-order valence-corrected chi connectivity index (χ2v) is 5.73. The van der Waals surface area contributed by atoms with Gasteiger partial charge in [-0.15, -0.1) is 0 Å². The molecule has 0 aromatic carbocycles. The molecule has 1 aromatic heterocycles. The van der Waals surface area contributed by atoms with Crippen molar-refractivity contribution in [2.24, 2.45) is 18.9 Å². The first-order chi connectivity index (χ1) is 8.18. The molecule has 2 unspecified atom stereocenters. The van der Waals surface area contributed by atoms with Gasteiger partial charge in [-0.1, -0.05) is 20.3 Å². The molecule has 0 amide bonds. The lowest BCUT2D eigenvalue weighted by atomic mass is 9.92. The summed E-state index contributed by atoms with van der Waals surface area (Å²) in [5.74, 6) is 2.25. The van der Waals surface area contributed by atoms with Crippen LogP contribution in [0.25, 0.3) is 0 Å². The first kappa shape index (κ1) is 12.6. The highest BCUT2D eigenvalue weighted by Gasteiger charge is 2.29. The van der Waals surface area contributed by atoms with Crippen molar-refractivity contribution in [1.29, 1.82) is 0 Å². The largest absolute Gasteiger partial charge is 0.316 e. The molecule has 3 heteroatoms. The number of rotatable bonds is 5. The Bertz CT molecular complexity index is 343. The van der Waals surface area contributed by atoms with Crippen LogP contribution in [0.15, 0.2) is 12.3 Å². The molecule has 0 aliphatic heterocycles. The Hall–Kier alpha value is -0.830. The molecule has 3 nitrogen and oxygen atoms in total. The number of hydrogen-bond donors (Lipinski definition) is 1. The van der Waals surface area contributed by atoms with Crippen LogP contribution in [-0.4, -0.2) is 22.9 Å². The predicted octanol–water partition coefficient (Wildman–Crippen LogP) is 2.55. The van der Waals surface area contributed by atoms with E-state index in [0.29, 0.717) is 5.92 Å². The molecule has 2 rings (SSSR count). The Morgan fingerprint density at radius 2 is 2.29 bits per heavy atom. The Kier molecular flexibility index (Phi) is 4.21. The van der Waals surface area contributed by atoms with Gasteiger partial charge in [0, 0.05) is 24.9 Å². The standard InChI is InChI=1S/C14H25N3/c1-11(2)9-15-10-12-5-4-6-13(12)14-7-8-16-17(14)3/h7-8,11-13,15H,4-6,9-10H2,1-3H3. The monoisotopic (exact) mass is 235 g/mol. The molecule has 1 aromatic rings. The summed E-state index contributed by atoms with van der Waals surface area (Å²) in [6, 6.07) is 2.19. The SMILES string of the molecule is CC(C)CNCC1CCCC1c1ccnn1C. The highest BCUT2D eigenvalue weighted by molar-refractivity contribution is 5.11. The molecule has 2 atom stereocenters. The van der Waals surface area contributed by atoms with Gasteiger partial charge in [0.05, 0.1) is 0 Å². The van der Waals surface area contributed by atoms with Gasteiger partial charge >= 0.3 is 0 Å². The Morgan fingerprint density at radius 3 is 2.94 bits per heavy atom. The van der Waals surface area contributed by atoms with Gasteiger partial charge in [0.25, 0.3) is 0 Å². The third kappa shape index (κ3) is 3.09. The lowest BCUT2D eigenvalue weighted by molar-refractivity contribution is 0.412. The van der Waals surface area contributed by atoms with E-state index in [1.807, 2.05) is 10.9 Å². The topological polar surface area (TPSA) is 29.9 Å². The summed E-state index contributed by atoms with van der Waals surface area (Å²) < 4.78 is 2.05. The molecular formula is C14H25N3. The predicted molar refractivity (Wildman–Crippen MR) is 71.0 cm³/mol. The van der Waals surface area contributed by atoms with Gasteiger partial charge in [-0.05, 0) is 43.8 Å². The van der Waals surface area contributed by atoms with E-state index in [9.17, 15) is 0 Å². The molecule has 1 N–H and O–H groups in total. The Morgan fingerprint density at radius 1 is 1.47 bits per heavy atom.